The number of carbonyl (C=O) groups is 1. The monoisotopic (exact) mass is 209 g/mol. The van der Waals surface area contributed by atoms with Gasteiger partial charge in [-0.1, -0.05) is 42.4 Å². The number of hydrogen-bond donors (Lipinski definition) is 1. The highest BCUT2D eigenvalue weighted by Gasteiger charge is 1.93. The lowest BCUT2D eigenvalue weighted by molar-refractivity contribution is -0.117. The molecule has 1 amide bonds. The highest BCUT2D eigenvalue weighted by atomic mass is 33.1. The molecule has 4 heteroatoms. The van der Waals surface area contributed by atoms with E-state index in [1.807, 2.05) is 13.8 Å². The molecule has 0 saturated carbocycles. The Labute approximate surface area is 83.4 Å². The molecule has 2 N–H and O–H groups in total. The van der Waals surface area contributed by atoms with Crippen LogP contribution in [0.5, 0.6) is 0 Å². The van der Waals surface area contributed by atoms with Crippen LogP contribution in [0.3, 0.4) is 0 Å². The number of rotatable bonds is 6. The average molecular weight is 209 g/mol. The zero-order chi connectivity index (χ0) is 9.82. The minimum atomic E-state index is -0.204. The third-order valence-electron chi connectivity index (χ3n) is 0.803. The van der Waals surface area contributed by atoms with E-state index in [-0.39, 0.29) is 5.91 Å². The second kappa shape index (κ2) is 13.7. The quantitative estimate of drug-likeness (QED) is 0.540. The van der Waals surface area contributed by atoms with E-state index in [0.717, 1.165) is 11.5 Å². The molecule has 0 rings (SSSR count). The Kier molecular flexibility index (Phi) is 16.8. The van der Waals surface area contributed by atoms with Crippen molar-refractivity contribution in [3.8, 4) is 0 Å². The van der Waals surface area contributed by atoms with Gasteiger partial charge in [0.15, 0.2) is 0 Å². The standard InChI is InChI=1S/C6H13NOS2.C2H6/c1-2-4-9-10-5-3-6(7)8;1-2/h2-5H2,1H3,(H2,7,8);1-2H3. The van der Waals surface area contributed by atoms with Gasteiger partial charge in [-0.05, 0) is 6.42 Å². The molecule has 0 atom stereocenters. The fourth-order valence-electron chi connectivity index (χ4n) is 0.343. The van der Waals surface area contributed by atoms with Crippen molar-refractivity contribution >= 4 is 27.5 Å². The second-order valence-corrected chi connectivity index (χ2v) is 4.56. The van der Waals surface area contributed by atoms with E-state index in [0.29, 0.717) is 6.42 Å². The first kappa shape index (κ1) is 14.7. The van der Waals surface area contributed by atoms with Gasteiger partial charge in [-0.25, -0.2) is 0 Å². The van der Waals surface area contributed by atoms with Crippen molar-refractivity contribution in [3.63, 3.8) is 0 Å². The van der Waals surface area contributed by atoms with Gasteiger partial charge in [0, 0.05) is 17.9 Å². The zero-order valence-electron chi connectivity index (χ0n) is 8.13. The van der Waals surface area contributed by atoms with Gasteiger partial charge in [0.05, 0.1) is 0 Å². The predicted molar refractivity (Wildman–Crippen MR) is 60.4 cm³/mol. The summed E-state index contributed by atoms with van der Waals surface area (Å²) in [6.07, 6.45) is 1.69. The van der Waals surface area contributed by atoms with Crippen molar-refractivity contribution in [3.05, 3.63) is 0 Å². The summed E-state index contributed by atoms with van der Waals surface area (Å²) in [4.78, 5) is 10.2. The minimum Gasteiger partial charge on any atom is -0.370 e. The average Bonchev–Trinajstić information content (AvgIpc) is 2.07. The Morgan fingerprint density at radius 1 is 1.25 bits per heavy atom. The van der Waals surface area contributed by atoms with Gasteiger partial charge in [-0.15, -0.1) is 0 Å². The summed E-state index contributed by atoms with van der Waals surface area (Å²) in [5.74, 6) is 1.80. The molecule has 0 aliphatic carbocycles. The number of primary amides is 1. The Balaban J connectivity index is 0. The second-order valence-electron chi connectivity index (χ2n) is 1.86. The minimum absolute atomic E-state index is 0.204. The van der Waals surface area contributed by atoms with Gasteiger partial charge < -0.3 is 5.73 Å². The van der Waals surface area contributed by atoms with Crippen LogP contribution in [0.15, 0.2) is 0 Å². The maximum absolute atomic E-state index is 10.2. The molecule has 74 valence electrons. The molecule has 0 aromatic carbocycles. The predicted octanol–water partition coefficient (Wildman–Crippen LogP) is 2.68. The Morgan fingerprint density at radius 2 is 1.75 bits per heavy atom. The van der Waals surface area contributed by atoms with Crippen molar-refractivity contribution in [2.45, 2.75) is 33.6 Å². The lowest BCUT2D eigenvalue weighted by atomic mass is 10.5. The van der Waals surface area contributed by atoms with E-state index in [9.17, 15) is 4.79 Å². The zero-order valence-corrected chi connectivity index (χ0v) is 9.76. The highest BCUT2D eigenvalue weighted by Crippen LogP contribution is 2.21. The molecule has 0 heterocycles. The summed E-state index contributed by atoms with van der Waals surface area (Å²) in [5, 5.41) is 0. The molecule has 2 nitrogen and oxygen atoms in total. The first-order valence-corrected chi connectivity index (χ1v) is 6.79. The molecule has 0 fully saturated rings. The van der Waals surface area contributed by atoms with Crippen LogP contribution in [0.25, 0.3) is 0 Å². The fourth-order valence-corrected chi connectivity index (χ4v) is 2.49. The van der Waals surface area contributed by atoms with E-state index in [1.54, 1.807) is 21.6 Å². The van der Waals surface area contributed by atoms with E-state index in [1.165, 1.54) is 6.42 Å². The smallest absolute Gasteiger partial charge is 0.218 e. The first-order chi connectivity index (χ1) is 5.77. The Hall–Kier alpha value is 0.170. The molecule has 0 aliphatic heterocycles. The molecule has 0 aromatic heterocycles. The molecule has 0 bridgehead atoms. The van der Waals surface area contributed by atoms with E-state index in [2.05, 4.69) is 6.92 Å². The lowest BCUT2D eigenvalue weighted by Gasteiger charge is -1.95. The van der Waals surface area contributed by atoms with E-state index >= 15 is 0 Å². The Bertz CT molecular complexity index is 99.1. The lowest BCUT2D eigenvalue weighted by Crippen LogP contribution is -2.10. The molecule has 0 aromatic rings. The molecule has 0 spiro atoms. The fraction of sp³-hybridized carbons (Fsp3) is 0.875. The van der Waals surface area contributed by atoms with Crippen LogP contribution >= 0.6 is 21.6 Å². The molecule has 0 radical (unpaired) electrons. The van der Waals surface area contributed by atoms with Crippen molar-refractivity contribution in [2.24, 2.45) is 5.73 Å². The van der Waals surface area contributed by atoms with Crippen LogP contribution in [0, 0.1) is 0 Å². The first-order valence-electron chi connectivity index (χ1n) is 4.30. The number of nitrogens with two attached hydrogens (primary N) is 1. The molecule has 0 saturated heterocycles. The molecular weight excluding hydrogens is 190 g/mol. The van der Waals surface area contributed by atoms with Crippen LogP contribution in [-0.4, -0.2) is 17.4 Å². The largest absolute Gasteiger partial charge is 0.370 e. The van der Waals surface area contributed by atoms with Crippen molar-refractivity contribution in [1.29, 1.82) is 0 Å². The topological polar surface area (TPSA) is 43.1 Å². The molecule has 12 heavy (non-hydrogen) atoms. The van der Waals surface area contributed by atoms with Crippen molar-refractivity contribution in [1.82, 2.24) is 0 Å². The summed E-state index contributed by atoms with van der Waals surface area (Å²) in [7, 11) is 3.53. The molecular formula is C8H19NOS2. The summed E-state index contributed by atoms with van der Waals surface area (Å²) in [6.45, 7) is 6.14. The SMILES string of the molecule is CC.CCCSSCCC(N)=O. The van der Waals surface area contributed by atoms with E-state index < -0.39 is 0 Å². The number of amides is 1. The van der Waals surface area contributed by atoms with Crippen LogP contribution in [0.2, 0.25) is 0 Å². The maximum atomic E-state index is 10.2. The summed E-state index contributed by atoms with van der Waals surface area (Å²) in [6, 6.07) is 0. The number of hydrogen-bond acceptors (Lipinski definition) is 3. The third kappa shape index (κ3) is 16.6. The van der Waals surface area contributed by atoms with Crippen molar-refractivity contribution < 1.29 is 4.79 Å². The molecule has 0 unspecified atom stereocenters. The maximum Gasteiger partial charge on any atom is 0.218 e. The third-order valence-corrected chi connectivity index (χ3v) is 3.41. The van der Waals surface area contributed by atoms with Crippen molar-refractivity contribution in [2.75, 3.05) is 11.5 Å². The van der Waals surface area contributed by atoms with Crippen LogP contribution < -0.4 is 5.73 Å². The highest BCUT2D eigenvalue weighted by molar-refractivity contribution is 8.76. The van der Waals surface area contributed by atoms with Gasteiger partial charge >= 0.3 is 0 Å². The van der Waals surface area contributed by atoms with Gasteiger partial charge in [0.2, 0.25) is 5.91 Å². The summed E-state index contributed by atoms with van der Waals surface area (Å²) < 4.78 is 0. The van der Waals surface area contributed by atoms with Gasteiger partial charge in [0.25, 0.3) is 0 Å². The molecule has 0 aliphatic rings. The van der Waals surface area contributed by atoms with Crippen LogP contribution in [-0.2, 0) is 4.79 Å². The Morgan fingerprint density at radius 3 is 2.17 bits per heavy atom. The van der Waals surface area contributed by atoms with Gasteiger partial charge in [-0.3, -0.25) is 4.79 Å². The summed E-state index contributed by atoms with van der Waals surface area (Å²) >= 11 is 0. The van der Waals surface area contributed by atoms with Gasteiger partial charge in [0.1, 0.15) is 0 Å². The van der Waals surface area contributed by atoms with Gasteiger partial charge in [-0.2, -0.15) is 0 Å². The van der Waals surface area contributed by atoms with Crippen LogP contribution in [0.4, 0.5) is 0 Å². The number of carbonyl (C=O) groups excluding carboxylic acids is 1. The van der Waals surface area contributed by atoms with Crippen LogP contribution in [0.1, 0.15) is 33.6 Å². The summed E-state index contributed by atoms with van der Waals surface area (Å²) in [5.41, 5.74) is 4.95. The van der Waals surface area contributed by atoms with E-state index in [4.69, 9.17) is 5.73 Å². The normalized spacial score (nSPS) is 8.58.